The molecular weight excluding hydrogens is 432 g/mol. The van der Waals surface area contributed by atoms with E-state index < -0.39 is 0 Å². The first-order chi connectivity index (χ1) is 16.6. The van der Waals surface area contributed by atoms with Crippen molar-refractivity contribution in [3.05, 3.63) is 35.9 Å². The van der Waals surface area contributed by atoms with Crippen LogP contribution in [0.25, 0.3) is 0 Å². The number of cyclic esters (lactones) is 1. The number of hydrogen-bond donors (Lipinski definition) is 0. The average Bonchev–Trinajstić information content (AvgIpc) is 3.20. The largest absolute Gasteiger partial charge is 0.468 e. The monoisotopic (exact) mass is 472 g/mol. The van der Waals surface area contributed by atoms with Gasteiger partial charge in [-0.15, -0.1) is 0 Å². The molecule has 34 heavy (non-hydrogen) atoms. The summed E-state index contributed by atoms with van der Waals surface area (Å²) in [5, 5.41) is 0. The zero-order valence-corrected chi connectivity index (χ0v) is 20.6. The van der Waals surface area contributed by atoms with E-state index in [2.05, 4.69) is 45.0 Å². The van der Waals surface area contributed by atoms with E-state index in [0.717, 1.165) is 58.2 Å². The molecule has 1 aromatic carbocycles. The van der Waals surface area contributed by atoms with Crippen molar-refractivity contribution in [1.82, 2.24) is 19.6 Å². The van der Waals surface area contributed by atoms with Gasteiger partial charge < -0.3 is 14.4 Å². The molecule has 8 heteroatoms. The van der Waals surface area contributed by atoms with Gasteiger partial charge in [-0.2, -0.15) is 0 Å². The number of methoxy groups -OCH3 is 1. The molecule has 0 N–H and O–H groups in total. The fourth-order valence-electron chi connectivity index (χ4n) is 5.36. The van der Waals surface area contributed by atoms with E-state index in [-0.39, 0.29) is 18.2 Å². The van der Waals surface area contributed by atoms with Crippen molar-refractivity contribution in [3.8, 4) is 0 Å². The number of hydrogen-bond acceptors (Lipinski definition) is 7. The number of nitrogens with zero attached hydrogens (tertiary/aromatic N) is 4. The Morgan fingerprint density at radius 1 is 1.00 bits per heavy atom. The SMILES string of the molecule is COC(=O)CN1CCN(CC2CN(CCCC3CCN(Cc4ccccc4)CC3)C(=O)O2)CC1. The summed E-state index contributed by atoms with van der Waals surface area (Å²) in [7, 11) is 1.43. The molecule has 1 unspecified atom stereocenters. The molecule has 3 saturated heterocycles. The highest BCUT2D eigenvalue weighted by molar-refractivity contribution is 5.71. The second-order valence-electron chi connectivity index (χ2n) is 9.95. The molecule has 188 valence electrons. The van der Waals surface area contributed by atoms with E-state index in [1.807, 2.05) is 4.90 Å². The van der Waals surface area contributed by atoms with Gasteiger partial charge in [0, 0.05) is 45.8 Å². The third-order valence-corrected chi connectivity index (χ3v) is 7.45. The van der Waals surface area contributed by atoms with Crippen LogP contribution in [0.4, 0.5) is 4.79 Å². The number of carbonyl (C=O) groups is 2. The maximum absolute atomic E-state index is 12.4. The van der Waals surface area contributed by atoms with Gasteiger partial charge in [0.1, 0.15) is 6.10 Å². The first kappa shape index (κ1) is 24.9. The minimum absolute atomic E-state index is 0.0547. The number of esters is 1. The third kappa shape index (κ3) is 7.42. The Labute approximate surface area is 203 Å². The highest BCUT2D eigenvalue weighted by atomic mass is 16.6. The van der Waals surface area contributed by atoms with Gasteiger partial charge in [0.15, 0.2) is 0 Å². The molecule has 3 fully saturated rings. The third-order valence-electron chi connectivity index (χ3n) is 7.45. The van der Waals surface area contributed by atoms with E-state index in [1.165, 1.54) is 45.0 Å². The van der Waals surface area contributed by atoms with Gasteiger partial charge in [0.25, 0.3) is 0 Å². The zero-order valence-electron chi connectivity index (χ0n) is 20.6. The number of carbonyl (C=O) groups excluding carboxylic acids is 2. The van der Waals surface area contributed by atoms with Crippen molar-refractivity contribution in [3.63, 3.8) is 0 Å². The van der Waals surface area contributed by atoms with Crippen LogP contribution in [-0.4, -0.2) is 110 Å². The Balaban J connectivity index is 1.08. The lowest BCUT2D eigenvalue weighted by atomic mass is 9.92. The van der Waals surface area contributed by atoms with E-state index in [4.69, 9.17) is 9.47 Å². The predicted molar refractivity (Wildman–Crippen MR) is 130 cm³/mol. The molecule has 0 saturated carbocycles. The molecule has 1 amide bonds. The summed E-state index contributed by atoms with van der Waals surface area (Å²) < 4.78 is 10.4. The van der Waals surface area contributed by atoms with E-state index >= 15 is 0 Å². The van der Waals surface area contributed by atoms with E-state index in [0.29, 0.717) is 13.1 Å². The molecule has 4 rings (SSSR count). The van der Waals surface area contributed by atoms with Crippen LogP contribution < -0.4 is 0 Å². The van der Waals surface area contributed by atoms with Crippen LogP contribution in [0.5, 0.6) is 0 Å². The topological polar surface area (TPSA) is 65.6 Å². The van der Waals surface area contributed by atoms with Crippen molar-refractivity contribution in [1.29, 1.82) is 0 Å². The van der Waals surface area contributed by atoms with Crippen LogP contribution in [0.2, 0.25) is 0 Å². The normalized spacial score (nSPS) is 23.3. The first-order valence-corrected chi connectivity index (χ1v) is 12.8. The van der Waals surface area contributed by atoms with Crippen LogP contribution in [0.1, 0.15) is 31.2 Å². The average molecular weight is 473 g/mol. The van der Waals surface area contributed by atoms with Gasteiger partial charge in [0.05, 0.1) is 20.2 Å². The number of amides is 1. The highest BCUT2D eigenvalue weighted by Gasteiger charge is 2.33. The van der Waals surface area contributed by atoms with Gasteiger partial charge >= 0.3 is 12.1 Å². The van der Waals surface area contributed by atoms with Crippen LogP contribution in [-0.2, 0) is 20.8 Å². The van der Waals surface area contributed by atoms with Crippen LogP contribution in [0, 0.1) is 5.92 Å². The number of likely N-dealkylation sites (tertiary alicyclic amines) is 1. The Hall–Kier alpha value is -2.16. The van der Waals surface area contributed by atoms with E-state index in [9.17, 15) is 9.59 Å². The quantitative estimate of drug-likeness (QED) is 0.484. The summed E-state index contributed by atoms with van der Waals surface area (Å²) in [5.41, 5.74) is 1.39. The number of piperidine rings is 1. The predicted octanol–water partition coefficient (Wildman–Crippen LogP) is 2.29. The van der Waals surface area contributed by atoms with Crippen LogP contribution >= 0.6 is 0 Å². The summed E-state index contributed by atoms with van der Waals surface area (Å²) in [6, 6.07) is 10.7. The summed E-state index contributed by atoms with van der Waals surface area (Å²) in [6.45, 7) is 9.44. The number of rotatable bonds is 10. The van der Waals surface area contributed by atoms with Gasteiger partial charge in [-0.1, -0.05) is 30.3 Å². The molecule has 3 heterocycles. The molecule has 3 aliphatic rings. The van der Waals surface area contributed by atoms with Crippen molar-refractivity contribution in [2.24, 2.45) is 5.92 Å². The molecule has 8 nitrogen and oxygen atoms in total. The molecule has 1 atom stereocenters. The summed E-state index contributed by atoms with van der Waals surface area (Å²) in [5.74, 6) is 0.578. The minimum Gasteiger partial charge on any atom is -0.468 e. The van der Waals surface area contributed by atoms with Crippen molar-refractivity contribution < 1.29 is 19.1 Å². The Morgan fingerprint density at radius 2 is 1.71 bits per heavy atom. The lowest BCUT2D eigenvalue weighted by molar-refractivity contribution is -0.142. The smallest absolute Gasteiger partial charge is 0.410 e. The molecule has 3 aliphatic heterocycles. The number of ether oxygens (including phenoxy) is 2. The Bertz CT molecular complexity index is 776. The fourth-order valence-corrected chi connectivity index (χ4v) is 5.36. The standard InChI is InChI=1S/C26H40N4O4/c1-33-25(31)21-29-16-14-28(15-17-29)19-24-20-30(26(32)34-24)11-5-8-22-9-12-27(13-10-22)18-23-6-3-2-4-7-23/h2-4,6-7,22,24H,5,8-21H2,1H3. The maximum Gasteiger partial charge on any atom is 0.410 e. The van der Waals surface area contributed by atoms with E-state index in [1.54, 1.807) is 0 Å². The molecule has 0 bridgehead atoms. The highest BCUT2D eigenvalue weighted by Crippen LogP contribution is 2.24. The van der Waals surface area contributed by atoms with Gasteiger partial charge in [-0.05, 0) is 50.3 Å². The lowest BCUT2D eigenvalue weighted by Gasteiger charge is -2.34. The molecule has 1 aromatic rings. The maximum atomic E-state index is 12.4. The summed E-state index contributed by atoms with van der Waals surface area (Å²) in [6.07, 6.45) is 4.53. The van der Waals surface area contributed by atoms with Crippen molar-refractivity contribution >= 4 is 12.1 Å². The van der Waals surface area contributed by atoms with Gasteiger partial charge in [0.2, 0.25) is 0 Å². The Kier molecular flexibility index (Phi) is 9.18. The molecule has 0 spiro atoms. The molecular formula is C26H40N4O4. The minimum atomic E-state index is -0.188. The molecule has 0 aromatic heterocycles. The van der Waals surface area contributed by atoms with Gasteiger partial charge in [-0.25, -0.2) is 4.79 Å². The van der Waals surface area contributed by atoms with Crippen LogP contribution in [0.3, 0.4) is 0 Å². The number of benzene rings is 1. The second kappa shape index (κ2) is 12.5. The van der Waals surface area contributed by atoms with Crippen LogP contribution in [0.15, 0.2) is 30.3 Å². The first-order valence-electron chi connectivity index (χ1n) is 12.8. The number of piperazine rings is 1. The lowest BCUT2D eigenvalue weighted by Crippen LogP contribution is -2.50. The Morgan fingerprint density at radius 3 is 2.41 bits per heavy atom. The molecule has 0 radical (unpaired) electrons. The molecule has 0 aliphatic carbocycles. The summed E-state index contributed by atoms with van der Waals surface area (Å²) in [4.78, 5) is 32.7. The zero-order chi connectivity index (χ0) is 23.8. The van der Waals surface area contributed by atoms with Crippen molar-refractivity contribution in [2.45, 2.75) is 38.3 Å². The summed E-state index contributed by atoms with van der Waals surface area (Å²) >= 11 is 0. The second-order valence-corrected chi connectivity index (χ2v) is 9.95. The van der Waals surface area contributed by atoms with Crippen molar-refractivity contribution in [2.75, 3.05) is 72.6 Å². The fraction of sp³-hybridized carbons (Fsp3) is 0.692. The van der Waals surface area contributed by atoms with Gasteiger partial charge in [-0.3, -0.25) is 19.5 Å².